The van der Waals surface area contributed by atoms with Gasteiger partial charge in [0.25, 0.3) is 0 Å². The van der Waals surface area contributed by atoms with Gasteiger partial charge in [-0.3, -0.25) is 19.2 Å². The van der Waals surface area contributed by atoms with Crippen LogP contribution in [-0.2, 0) is 30.4 Å². The molecule has 1 aromatic heterocycles. The number of aliphatic carboxylic acids is 2. The Bertz CT molecular complexity index is 872. The summed E-state index contributed by atoms with van der Waals surface area (Å²) in [6.07, 6.45) is 2.19. The first-order valence-electron chi connectivity index (χ1n) is 11.4. The van der Waals surface area contributed by atoms with E-state index in [0.29, 0.717) is 5.69 Å². The summed E-state index contributed by atoms with van der Waals surface area (Å²) in [5.74, 6) is -4.77. The highest BCUT2D eigenvalue weighted by molar-refractivity contribution is 5.94. The smallest absolute Gasteiger partial charge is 0.326 e. The summed E-state index contributed by atoms with van der Waals surface area (Å²) in [4.78, 5) is 67.6. The number of aromatic amines is 1. The Hall–Kier alpha value is -3.48. The molecule has 35 heavy (non-hydrogen) atoms. The van der Waals surface area contributed by atoms with E-state index in [1.165, 1.54) is 12.5 Å². The highest BCUT2D eigenvalue weighted by atomic mass is 16.4. The first-order valence-corrected chi connectivity index (χ1v) is 11.4. The van der Waals surface area contributed by atoms with Crippen molar-refractivity contribution in [3.8, 4) is 0 Å². The normalized spacial score (nSPS) is 14.6. The molecule has 3 amide bonds. The van der Waals surface area contributed by atoms with Crippen LogP contribution in [-0.4, -0.2) is 74.0 Å². The molecule has 196 valence electrons. The molecule has 1 aromatic rings. The second-order valence-corrected chi connectivity index (χ2v) is 9.13. The Morgan fingerprint density at radius 3 is 2.00 bits per heavy atom. The average Bonchev–Trinajstić information content (AvgIpc) is 3.27. The molecule has 0 aliphatic carbocycles. The van der Waals surface area contributed by atoms with Crippen LogP contribution in [0.3, 0.4) is 0 Å². The van der Waals surface area contributed by atoms with Crippen molar-refractivity contribution in [3.63, 3.8) is 0 Å². The number of carboxylic acids is 2. The fourth-order valence-corrected chi connectivity index (χ4v) is 3.17. The molecule has 0 saturated carbocycles. The van der Waals surface area contributed by atoms with E-state index in [0.717, 1.165) is 0 Å². The quantitative estimate of drug-likeness (QED) is 0.164. The Labute approximate surface area is 203 Å². The molecule has 8 N–H and O–H groups in total. The van der Waals surface area contributed by atoms with Crippen LogP contribution >= 0.6 is 0 Å². The van der Waals surface area contributed by atoms with Crippen molar-refractivity contribution >= 4 is 29.7 Å². The Balaban J connectivity index is 3.02. The monoisotopic (exact) mass is 496 g/mol. The van der Waals surface area contributed by atoms with E-state index in [9.17, 15) is 29.1 Å². The third-order valence-corrected chi connectivity index (χ3v) is 5.23. The van der Waals surface area contributed by atoms with Gasteiger partial charge in [0, 0.05) is 24.7 Å². The molecule has 1 heterocycles. The van der Waals surface area contributed by atoms with Gasteiger partial charge in [0.1, 0.15) is 18.1 Å². The lowest BCUT2D eigenvalue weighted by atomic mass is 10.00. The zero-order valence-electron chi connectivity index (χ0n) is 20.4. The Morgan fingerprint density at radius 2 is 1.51 bits per heavy atom. The predicted molar refractivity (Wildman–Crippen MR) is 125 cm³/mol. The number of hydrogen-bond acceptors (Lipinski definition) is 7. The highest BCUT2D eigenvalue weighted by Crippen LogP contribution is 2.09. The van der Waals surface area contributed by atoms with Crippen molar-refractivity contribution in [1.29, 1.82) is 0 Å². The number of carbonyl (C=O) groups excluding carboxylic acids is 3. The largest absolute Gasteiger partial charge is 0.481 e. The first-order chi connectivity index (χ1) is 16.3. The highest BCUT2D eigenvalue weighted by Gasteiger charge is 2.31. The van der Waals surface area contributed by atoms with E-state index in [1.54, 1.807) is 13.8 Å². The van der Waals surface area contributed by atoms with E-state index in [1.807, 2.05) is 13.8 Å². The minimum absolute atomic E-state index is 0.00147. The molecule has 13 nitrogen and oxygen atoms in total. The van der Waals surface area contributed by atoms with Crippen molar-refractivity contribution in [2.75, 3.05) is 0 Å². The van der Waals surface area contributed by atoms with Crippen LogP contribution in [0.15, 0.2) is 12.5 Å². The van der Waals surface area contributed by atoms with Gasteiger partial charge in [-0.25, -0.2) is 9.78 Å². The van der Waals surface area contributed by atoms with Crippen molar-refractivity contribution in [3.05, 3.63) is 18.2 Å². The maximum absolute atomic E-state index is 13.0. The van der Waals surface area contributed by atoms with Crippen molar-refractivity contribution in [2.45, 2.75) is 77.5 Å². The van der Waals surface area contributed by atoms with Crippen LogP contribution in [0.5, 0.6) is 0 Å². The molecule has 0 spiro atoms. The lowest BCUT2D eigenvalue weighted by Crippen LogP contribution is -2.58. The predicted octanol–water partition coefficient (Wildman–Crippen LogP) is -0.615. The van der Waals surface area contributed by atoms with Gasteiger partial charge < -0.3 is 36.9 Å². The lowest BCUT2D eigenvalue weighted by molar-refractivity contribution is -0.143. The zero-order valence-corrected chi connectivity index (χ0v) is 20.4. The van der Waals surface area contributed by atoms with Crippen LogP contribution in [0.4, 0.5) is 0 Å². The molecule has 0 bridgehead atoms. The van der Waals surface area contributed by atoms with Gasteiger partial charge in [-0.15, -0.1) is 0 Å². The summed E-state index contributed by atoms with van der Waals surface area (Å²) < 4.78 is 0. The number of carboxylic acid groups (broad SMARTS) is 2. The van der Waals surface area contributed by atoms with Crippen molar-refractivity contribution in [2.24, 2.45) is 17.6 Å². The second kappa shape index (κ2) is 14.0. The average molecular weight is 497 g/mol. The number of hydrogen-bond donors (Lipinski definition) is 7. The molecule has 13 heteroatoms. The summed E-state index contributed by atoms with van der Waals surface area (Å²) in [7, 11) is 0. The summed E-state index contributed by atoms with van der Waals surface area (Å²) in [5, 5.41) is 26.0. The SMILES string of the molecule is CC(C)CC(NC(=O)C(N)C(C)C)C(=O)NC(CCC(=O)O)C(=O)NC(Cc1cnc[nH]1)C(=O)O. The molecule has 0 aliphatic heterocycles. The number of H-pyrrole nitrogens is 1. The van der Waals surface area contributed by atoms with Crippen molar-refractivity contribution in [1.82, 2.24) is 25.9 Å². The summed E-state index contributed by atoms with van der Waals surface area (Å²) in [6, 6.07) is -4.55. The Kier molecular flexibility index (Phi) is 11.9. The minimum Gasteiger partial charge on any atom is -0.481 e. The molecule has 0 saturated heterocycles. The van der Waals surface area contributed by atoms with Crippen LogP contribution < -0.4 is 21.7 Å². The third kappa shape index (κ3) is 10.5. The standard InChI is InChI=1S/C22H36N6O7/c1-11(2)7-15(27-21(33)18(23)12(3)4)20(32)26-14(5-6-17(29)30)19(31)28-16(22(34)35)8-13-9-24-10-25-13/h9-12,14-16,18H,5-8,23H2,1-4H3,(H,24,25)(H,26,32)(H,27,33)(H,28,31)(H,29,30)(H,34,35). The van der Waals surface area contributed by atoms with E-state index < -0.39 is 60.2 Å². The number of carbonyl (C=O) groups is 5. The van der Waals surface area contributed by atoms with Gasteiger partial charge in [0.05, 0.1) is 12.4 Å². The third-order valence-electron chi connectivity index (χ3n) is 5.23. The second-order valence-electron chi connectivity index (χ2n) is 9.13. The van der Waals surface area contributed by atoms with Gasteiger partial charge in [-0.1, -0.05) is 27.7 Å². The number of nitrogens with one attached hydrogen (secondary N) is 4. The summed E-state index contributed by atoms with van der Waals surface area (Å²) >= 11 is 0. The molecule has 0 aromatic carbocycles. The summed E-state index contributed by atoms with van der Waals surface area (Å²) in [6.45, 7) is 7.21. The van der Waals surface area contributed by atoms with Crippen LogP contribution in [0, 0.1) is 11.8 Å². The molecule has 4 unspecified atom stereocenters. The number of nitrogens with zero attached hydrogens (tertiary/aromatic N) is 1. The van der Waals surface area contributed by atoms with Gasteiger partial charge in [0.2, 0.25) is 17.7 Å². The van der Waals surface area contributed by atoms with E-state index in [2.05, 4.69) is 25.9 Å². The van der Waals surface area contributed by atoms with Crippen LogP contribution in [0.2, 0.25) is 0 Å². The fraction of sp³-hybridized carbons (Fsp3) is 0.636. The molecule has 0 fully saturated rings. The first kappa shape index (κ1) is 29.6. The van der Waals surface area contributed by atoms with Crippen molar-refractivity contribution < 1.29 is 34.2 Å². The molecule has 0 radical (unpaired) electrons. The Morgan fingerprint density at radius 1 is 0.943 bits per heavy atom. The topological polar surface area (TPSA) is 217 Å². The van der Waals surface area contributed by atoms with E-state index >= 15 is 0 Å². The van der Waals surface area contributed by atoms with Crippen LogP contribution in [0.1, 0.15) is 52.7 Å². The molecule has 1 rings (SSSR count). The van der Waals surface area contributed by atoms with Gasteiger partial charge in [-0.05, 0) is 24.7 Å². The number of imidazole rings is 1. The van der Waals surface area contributed by atoms with E-state index in [4.69, 9.17) is 10.8 Å². The van der Waals surface area contributed by atoms with Gasteiger partial charge in [-0.2, -0.15) is 0 Å². The number of nitrogens with two attached hydrogens (primary N) is 1. The summed E-state index contributed by atoms with van der Waals surface area (Å²) in [5.41, 5.74) is 6.34. The maximum Gasteiger partial charge on any atom is 0.326 e. The van der Waals surface area contributed by atoms with Crippen LogP contribution in [0.25, 0.3) is 0 Å². The molecular formula is C22H36N6O7. The van der Waals surface area contributed by atoms with Gasteiger partial charge >= 0.3 is 11.9 Å². The number of amides is 3. The molecular weight excluding hydrogens is 460 g/mol. The maximum atomic E-state index is 13.0. The van der Waals surface area contributed by atoms with Gasteiger partial charge in [0.15, 0.2) is 0 Å². The minimum atomic E-state index is -1.35. The number of rotatable bonds is 15. The lowest BCUT2D eigenvalue weighted by Gasteiger charge is -2.26. The van der Waals surface area contributed by atoms with E-state index in [-0.39, 0.29) is 31.1 Å². The zero-order chi connectivity index (χ0) is 26.7. The number of aromatic nitrogens is 2. The molecule has 4 atom stereocenters. The fourth-order valence-electron chi connectivity index (χ4n) is 3.17. The molecule has 0 aliphatic rings.